The van der Waals surface area contributed by atoms with Crippen LogP contribution in [0.4, 0.5) is 5.69 Å². The number of benzene rings is 3. The van der Waals surface area contributed by atoms with Crippen LogP contribution in [0.15, 0.2) is 88.2 Å². The third-order valence-electron chi connectivity index (χ3n) is 4.72. The van der Waals surface area contributed by atoms with Crippen LogP contribution in [0.2, 0.25) is 0 Å². The van der Waals surface area contributed by atoms with Crippen molar-refractivity contribution in [3.63, 3.8) is 0 Å². The molecule has 0 saturated carbocycles. The van der Waals surface area contributed by atoms with E-state index in [1.54, 1.807) is 54.6 Å². The van der Waals surface area contributed by atoms with Crippen LogP contribution in [-0.4, -0.2) is 28.0 Å². The van der Waals surface area contributed by atoms with Crippen molar-refractivity contribution in [2.45, 2.75) is 17.9 Å². The van der Waals surface area contributed by atoms with Crippen LogP contribution >= 0.6 is 15.9 Å². The van der Waals surface area contributed by atoms with E-state index in [1.807, 2.05) is 31.2 Å². The maximum atomic E-state index is 12.7. The second-order valence-electron chi connectivity index (χ2n) is 6.91. The molecule has 0 unspecified atom stereocenters. The minimum atomic E-state index is -3.65. The average molecular weight is 503 g/mol. The van der Waals surface area contributed by atoms with E-state index < -0.39 is 10.0 Å². The van der Waals surface area contributed by atoms with Crippen molar-refractivity contribution in [3.05, 3.63) is 88.9 Å². The Morgan fingerprint density at radius 2 is 1.61 bits per heavy atom. The molecule has 0 bridgehead atoms. The van der Waals surface area contributed by atoms with Gasteiger partial charge in [0.05, 0.1) is 16.6 Å². The van der Waals surface area contributed by atoms with Crippen LogP contribution in [0, 0.1) is 0 Å². The molecule has 0 aromatic heterocycles. The van der Waals surface area contributed by atoms with Crippen molar-refractivity contribution in [1.82, 2.24) is 5.32 Å². The highest BCUT2D eigenvalue weighted by Crippen LogP contribution is 2.24. The third kappa shape index (κ3) is 5.86. The van der Waals surface area contributed by atoms with Gasteiger partial charge in [-0.05, 0) is 61.0 Å². The first kappa shape index (κ1) is 22.8. The fourth-order valence-corrected chi connectivity index (χ4v) is 4.39. The standard InChI is InChI=1S/C23H23BrN2O4S/c1-17(18-8-10-19(24)11-9-18)25-23(27)16-30-21-14-12-20(13-15-21)26(2)31(28,29)22-6-4-3-5-7-22/h3-15,17H,16H2,1-2H3,(H,25,27)/t17-/m1/s1. The number of ether oxygens (including phenoxy) is 1. The van der Waals surface area contributed by atoms with Crippen molar-refractivity contribution in [3.8, 4) is 5.75 Å². The maximum Gasteiger partial charge on any atom is 0.264 e. The number of nitrogens with one attached hydrogen (secondary N) is 1. The minimum Gasteiger partial charge on any atom is -0.484 e. The van der Waals surface area contributed by atoms with Gasteiger partial charge in [-0.15, -0.1) is 0 Å². The lowest BCUT2D eigenvalue weighted by Crippen LogP contribution is -2.31. The largest absolute Gasteiger partial charge is 0.484 e. The monoisotopic (exact) mass is 502 g/mol. The first-order valence-corrected chi connectivity index (χ1v) is 11.8. The van der Waals surface area contributed by atoms with Gasteiger partial charge < -0.3 is 10.1 Å². The Morgan fingerprint density at radius 3 is 2.23 bits per heavy atom. The molecule has 3 rings (SSSR count). The Labute approximate surface area is 191 Å². The molecule has 1 amide bonds. The lowest BCUT2D eigenvalue weighted by atomic mass is 10.1. The summed E-state index contributed by atoms with van der Waals surface area (Å²) in [7, 11) is -2.15. The zero-order valence-corrected chi connectivity index (χ0v) is 19.6. The molecule has 0 spiro atoms. The number of nitrogens with zero attached hydrogens (tertiary/aromatic N) is 1. The average Bonchev–Trinajstić information content (AvgIpc) is 2.78. The van der Waals surface area contributed by atoms with E-state index in [0.29, 0.717) is 11.4 Å². The van der Waals surface area contributed by atoms with E-state index in [1.165, 1.54) is 11.4 Å². The van der Waals surface area contributed by atoms with Crippen LogP contribution < -0.4 is 14.4 Å². The highest BCUT2D eigenvalue weighted by molar-refractivity contribution is 9.10. The number of sulfonamides is 1. The fourth-order valence-electron chi connectivity index (χ4n) is 2.91. The van der Waals surface area contributed by atoms with E-state index in [9.17, 15) is 13.2 Å². The van der Waals surface area contributed by atoms with Crippen LogP contribution in [-0.2, 0) is 14.8 Å². The van der Waals surface area contributed by atoms with Gasteiger partial charge in [0.2, 0.25) is 0 Å². The quantitative estimate of drug-likeness (QED) is 0.490. The summed E-state index contributed by atoms with van der Waals surface area (Å²) < 4.78 is 33.1. The van der Waals surface area contributed by atoms with Crippen molar-refractivity contribution in [2.75, 3.05) is 18.0 Å². The van der Waals surface area contributed by atoms with Gasteiger partial charge in [0.15, 0.2) is 6.61 Å². The van der Waals surface area contributed by atoms with Crippen molar-refractivity contribution >= 4 is 37.5 Å². The molecule has 0 saturated heterocycles. The molecule has 3 aromatic rings. The minimum absolute atomic E-state index is 0.141. The van der Waals surface area contributed by atoms with Gasteiger partial charge >= 0.3 is 0 Å². The maximum absolute atomic E-state index is 12.7. The van der Waals surface area contributed by atoms with Crippen molar-refractivity contribution < 1.29 is 17.9 Å². The first-order chi connectivity index (χ1) is 14.8. The molecule has 162 valence electrons. The molecular weight excluding hydrogens is 480 g/mol. The van der Waals surface area contributed by atoms with Gasteiger partial charge in [0.1, 0.15) is 5.75 Å². The fraction of sp³-hybridized carbons (Fsp3) is 0.174. The highest BCUT2D eigenvalue weighted by atomic mass is 79.9. The molecule has 0 heterocycles. The van der Waals surface area contributed by atoms with E-state index >= 15 is 0 Å². The third-order valence-corrected chi connectivity index (χ3v) is 7.05. The van der Waals surface area contributed by atoms with Gasteiger partial charge in [-0.1, -0.05) is 46.3 Å². The summed E-state index contributed by atoms with van der Waals surface area (Å²) in [6.45, 7) is 1.76. The van der Waals surface area contributed by atoms with Gasteiger partial charge in [-0.3, -0.25) is 9.10 Å². The molecule has 0 aliphatic heterocycles. The number of halogens is 1. The van der Waals surface area contributed by atoms with Crippen LogP contribution in [0.1, 0.15) is 18.5 Å². The number of anilines is 1. The van der Waals surface area contributed by atoms with E-state index in [0.717, 1.165) is 10.0 Å². The number of rotatable bonds is 8. The first-order valence-electron chi connectivity index (χ1n) is 9.59. The Balaban J connectivity index is 1.56. The Bertz CT molecular complexity index is 1120. The summed E-state index contributed by atoms with van der Waals surface area (Å²) in [4.78, 5) is 12.4. The predicted octanol–water partition coefficient (Wildman–Crippen LogP) is 4.53. The molecule has 1 atom stereocenters. The van der Waals surface area contributed by atoms with Gasteiger partial charge in [0.25, 0.3) is 15.9 Å². The normalized spacial score (nSPS) is 12.1. The topological polar surface area (TPSA) is 75.7 Å². The molecule has 0 fully saturated rings. The number of hydrogen-bond donors (Lipinski definition) is 1. The van der Waals surface area contributed by atoms with Gasteiger partial charge in [-0.2, -0.15) is 0 Å². The van der Waals surface area contributed by atoms with Gasteiger partial charge in [0, 0.05) is 11.5 Å². The van der Waals surface area contributed by atoms with Crippen LogP contribution in [0.25, 0.3) is 0 Å². The predicted molar refractivity (Wildman–Crippen MR) is 125 cm³/mol. The number of hydrogen-bond acceptors (Lipinski definition) is 4. The highest BCUT2D eigenvalue weighted by Gasteiger charge is 2.20. The Kier molecular flexibility index (Phi) is 7.35. The number of amides is 1. The summed E-state index contributed by atoms with van der Waals surface area (Å²) in [5.41, 5.74) is 1.48. The van der Waals surface area contributed by atoms with E-state index in [4.69, 9.17) is 4.74 Å². The molecule has 1 N–H and O–H groups in total. The van der Waals surface area contributed by atoms with Crippen LogP contribution in [0.5, 0.6) is 5.75 Å². The zero-order valence-electron chi connectivity index (χ0n) is 17.2. The molecule has 0 aliphatic carbocycles. The molecule has 31 heavy (non-hydrogen) atoms. The molecular formula is C23H23BrN2O4S. The molecule has 0 radical (unpaired) electrons. The summed E-state index contributed by atoms with van der Waals surface area (Å²) >= 11 is 3.39. The molecule has 0 aliphatic rings. The van der Waals surface area contributed by atoms with Crippen LogP contribution in [0.3, 0.4) is 0 Å². The number of carbonyl (C=O) groups is 1. The zero-order chi connectivity index (χ0) is 22.4. The molecule has 8 heteroatoms. The lowest BCUT2D eigenvalue weighted by molar-refractivity contribution is -0.123. The Hall–Kier alpha value is -2.84. The van der Waals surface area contributed by atoms with Crippen molar-refractivity contribution in [1.29, 1.82) is 0 Å². The summed E-state index contributed by atoms with van der Waals surface area (Å²) in [6.07, 6.45) is 0. The second kappa shape index (κ2) is 9.98. The lowest BCUT2D eigenvalue weighted by Gasteiger charge is -2.20. The summed E-state index contributed by atoms with van der Waals surface area (Å²) in [5, 5.41) is 2.89. The second-order valence-corrected chi connectivity index (χ2v) is 9.79. The van der Waals surface area contributed by atoms with Gasteiger partial charge in [-0.25, -0.2) is 8.42 Å². The van der Waals surface area contributed by atoms with Crippen molar-refractivity contribution in [2.24, 2.45) is 0 Å². The summed E-state index contributed by atoms with van der Waals surface area (Å²) in [5.74, 6) is 0.226. The number of carbonyl (C=O) groups excluding carboxylic acids is 1. The summed E-state index contributed by atoms with van der Waals surface area (Å²) in [6, 6.07) is 22.4. The SMILES string of the molecule is C[C@@H](NC(=O)COc1ccc(N(C)S(=O)(=O)c2ccccc2)cc1)c1ccc(Br)cc1. The Morgan fingerprint density at radius 1 is 1.00 bits per heavy atom. The van der Waals surface area contributed by atoms with E-state index in [2.05, 4.69) is 21.2 Å². The smallest absolute Gasteiger partial charge is 0.264 e. The van der Waals surface area contributed by atoms with E-state index in [-0.39, 0.29) is 23.5 Å². The molecule has 6 nitrogen and oxygen atoms in total. The molecule has 3 aromatic carbocycles.